The van der Waals surface area contributed by atoms with Crippen LogP contribution in [0.5, 0.6) is 0 Å². The van der Waals surface area contributed by atoms with E-state index in [1.165, 1.54) is 16.7 Å². The summed E-state index contributed by atoms with van der Waals surface area (Å²) >= 11 is 20.7. The van der Waals surface area contributed by atoms with Gasteiger partial charge in [0.1, 0.15) is 4.32 Å². The molecular weight excluding hydrogens is 527 g/mol. The van der Waals surface area contributed by atoms with Crippen molar-refractivity contribution in [2.24, 2.45) is 0 Å². The highest BCUT2D eigenvalue weighted by Gasteiger charge is 2.34. The molecular formula is C25H16Cl2N2O2S3. The standard InChI is InChI=1S/C25H16Cl2N2O2S3/c26-16-9-10-21-19(14-16)29(18-7-3-4-8-20(18)33-21)23(30)11-12-28-24(31)22(34-25(28)32)13-15-5-1-2-6-17(15)27/h1-10,13-14H,11-12H2/b22-13+. The second-order valence-corrected chi connectivity index (χ2v) is 11.1. The topological polar surface area (TPSA) is 40.6 Å². The Morgan fingerprint density at radius 3 is 2.50 bits per heavy atom. The molecule has 1 saturated heterocycles. The van der Waals surface area contributed by atoms with Crippen molar-refractivity contribution in [1.82, 2.24) is 4.90 Å². The highest BCUT2D eigenvalue weighted by molar-refractivity contribution is 8.26. The van der Waals surface area contributed by atoms with Crippen molar-refractivity contribution in [2.45, 2.75) is 16.2 Å². The van der Waals surface area contributed by atoms with E-state index in [-0.39, 0.29) is 24.8 Å². The Bertz CT molecular complexity index is 1380. The van der Waals surface area contributed by atoms with Gasteiger partial charge in [0.15, 0.2) is 0 Å². The van der Waals surface area contributed by atoms with Gasteiger partial charge in [0.2, 0.25) is 5.91 Å². The number of hydrogen-bond acceptors (Lipinski definition) is 5. The van der Waals surface area contributed by atoms with E-state index < -0.39 is 0 Å². The van der Waals surface area contributed by atoms with Gasteiger partial charge in [-0.2, -0.15) is 0 Å². The molecule has 1 fully saturated rings. The minimum absolute atomic E-state index is 0.108. The summed E-state index contributed by atoms with van der Waals surface area (Å²) < 4.78 is 0.425. The van der Waals surface area contributed by atoms with Crippen LogP contribution in [-0.4, -0.2) is 27.6 Å². The van der Waals surface area contributed by atoms with Crippen LogP contribution in [0.25, 0.3) is 6.08 Å². The number of hydrogen-bond donors (Lipinski definition) is 0. The molecule has 0 spiro atoms. The van der Waals surface area contributed by atoms with Crippen LogP contribution in [0.3, 0.4) is 0 Å². The van der Waals surface area contributed by atoms with E-state index in [9.17, 15) is 9.59 Å². The van der Waals surface area contributed by atoms with Crippen molar-refractivity contribution in [2.75, 3.05) is 11.4 Å². The maximum Gasteiger partial charge on any atom is 0.266 e. The molecule has 170 valence electrons. The number of carbonyl (C=O) groups is 2. The summed E-state index contributed by atoms with van der Waals surface area (Å²) in [6.45, 7) is 0.186. The molecule has 0 saturated carbocycles. The van der Waals surface area contributed by atoms with E-state index in [1.807, 2.05) is 54.6 Å². The molecule has 3 aromatic rings. The molecule has 2 aliphatic rings. The number of thiocarbonyl (C=S) groups is 1. The van der Waals surface area contributed by atoms with Crippen molar-refractivity contribution in [1.29, 1.82) is 0 Å². The van der Waals surface area contributed by atoms with Gasteiger partial charge in [0, 0.05) is 32.8 Å². The van der Waals surface area contributed by atoms with Gasteiger partial charge in [-0.05, 0) is 48.0 Å². The normalized spacial score (nSPS) is 16.1. The third-order valence-corrected chi connectivity index (χ3v) is 8.44. The summed E-state index contributed by atoms with van der Waals surface area (Å²) in [6.07, 6.45) is 1.84. The van der Waals surface area contributed by atoms with Gasteiger partial charge in [-0.3, -0.25) is 19.4 Å². The Morgan fingerprint density at radius 2 is 1.68 bits per heavy atom. The smallest absolute Gasteiger partial charge is 0.266 e. The Balaban J connectivity index is 1.37. The lowest BCUT2D eigenvalue weighted by molar-refractivity contribution is -0.123. The maximum absolute atomic E-state index is 13.5. The van der Waals surface area contributed by atoms with Crippen molar-refractivity contribution in [3.8, 4) is 0 Å². The third-order valence-electron chi connectivity index (χ3n) is 5.35. The summed E-state index contributed by atoms with van der Waals surface area (Å²) in [5, 5.41) is 1.11. The molecule has 3 aromatic carbocycles. The van der Waals surface area contributed by atoms with Crippen molar-refractivity contribution in [3.63, 3.8) is 0 Å². The van der Waals surface area contributed by atoms with Gasteiger partial charge in [-0.25, -0.2) is 0 Å². The number of rotatable bonds is 4. The van der Waals surface area contributed by atoms with Crippen LogP contribution in [0.4, 0.5) is 11.4 Å². The second-order valence-electron chi connectivity index (χ2n) is 7.52. The Morgan fingerprint density at radius 1 is 0.941 bits per heavy atom. The van der Waals surface area contributed by atoms with E-state index in [0.29, 0.717) is 19.3 Å². The Hall–Kier alpha value is -2.29. The first-order valence-electron chi connectivity index (χ1n) is 10.3. The number of anilines is 2. The predicted octanol–water partition coefficient (Wildman–Crippen LogP) is 7.41. The molecule has 2 heterocycles. The molecule has 4 nitrogen and oxygen atoms in total. The molecule has 0 radical (unpaired) electrons. The number of thioether (sulfide) groups is 1. The van der Waals surface area contributed by atoms with Crippen LogP contribution in [0.15, 0.2) is 81.4 Å². The SMILES string of the molecule is O=C1/C(=C\c2ccccc2Cl)SC(=S)N1CCC(=O)N1c2ccccc2Sc2ccc(Cl)cc21. The van der Waals surface area contributed by atoms with E-state index in [0.717, 1.165) is 26.7 Å². The molecule has 0 unspecified atom stereocenters. The van der Waals surface area contributed by atoms with Crippen molar-refractivity contribution in [3.05, 3.63) is 87.2 Å². The first kappa shape index (κ1) is 23.5. The first-order chi connectivity index (χ1) is 16.4. The number of benzene rings is 3. The maximum atomic E-state index is 13.5. The molecule has 2 amide bonds. The fourth-order valence-electron chi connectivity index (χ4n) is 3.74. The molecule has 34 heavy (non-hydrogen) atoms. The fourth-order valence-corrected chi connectivity index (χ4v) is 6.44. The van der Waals surface area contributed by atoms with Crippen LogP contribution < -0.4 is 4.90 Å². The zero-order chi connectivity index (χ0) is 23.8. The highest BCUT2D eigenvalue weighted by Crippen LogP contribution is 2.49. The number of fused-ring (bicyclic) bond motifs is 2. The summed E-state index contributed by atoms with van der Waals surface area (Å²) in [5.41, 5.74) is 2.29. The van der Waals surface area contributed by atoms with Gasteiger partial charge < -0.3 is 0 Å². The number of amides is 2. The summed E-state index contributed by atoms with van der Waals surface area (Å²) in [4.78, 5) is 32.1. The molecule has 0 aliphatic carbocycles. The predicted molar refractivity (Wildman–Crippen MR) is 145 cm³/mol. The number of nitrogens with zero attached hydrogens (tertiary/aromatic N) is 2. The summed E-state index contributed by atoms with van der Waals surface area (Å²) in [5.74, 6) is -0.360. The lowest BCUT2D eigenvalue weighted by atomic mass is 10.2. The van der Waals surface area contributed by atoms with Crippen LogP contribution in [-0.2, 0) is 9.59 Å². The van der Waals surface area contributed by atoms with Crippen LogP contribution in [0.1, 0.15) is 12.0 Å². The number of halogens is 2. The average Bonchev–Trinajstić information content (AvgIpc) is 3.09. The molecule has 0 atom stereocenters. The van der Waals surface area contributed by atoms with Crippen LogP contribution in [0, 0.1) is 0 Å². The van der Waals surface area contributed by atoms with Crippen molar-refractivity contribution < 1.29 is 9.59 Å². The summed E-state index contributed by atoms with van der Waals surface area (Å²) in [6, 6.07) is 20.6. The second kappa shape index (κ2) is 9.76. The lowest BCUT2D eigenvalue weighted by Crippen LogP contribution is -2.35. The average molecular weight is 544 g/mol. The summed E-state index contributed by atoms with van der Waals surface area (Å²) in [7, 11) is 0. The zero-order valence-corrected chi connectivity index (χ0v) is 21.5. The Labute approximate surface area is 220 Å². The van der Waals surface area contributed by atoms with Gasteiger partial charge in [0.05, 0.1) is 16.3 Å². The van der Waals surface area contributed by atoms with E-state index >= 15 is 0 Å². The molecule has 0 N–H and O–H groups in total. The number of carbonyl (C=O) groups excluding carboxylic acids is 2. The third kappa shape index (κ3) is 4.51. The quantitative estimate of drug-likeness (QED) is 0.253. The van der Waals surface area contributed by atoms with E-state index in [2.05, 4.69) is 0 Å². The van der Waals surface area contributed by atoms with Gasteiger partial charge >= 0.3 is 0 Å². The minimum Gasteiger partial charge on any atom is -0.292 e. The van der Waals surface area contributed by atoms with Crippen LogP contribution >= 0.6 is 58.9 Å². The monoisotopic (exact) mass is 542 g/mol. The zero-order valence-electron chi connectivity index (χ0n) is 17.5. The van der Waals surface area contributed by atoms with Gasteiger partial charge in [-0.15, -0.1) is 0 Å². The molecule has 0 aromatic heterocycles. The van der Waals surface area contributed by atoms with Gasteiger partial charge in [0.25, 0.3) is 5.91 Å². The lowest BCUT2D eigenvalue weighted by Gasteiger charge is -2.31. The molecule has 0 bridgehead atoms. The Kier molecular flexibility index (Phi) is 6.73. The van der Waals surface area contributed by atoms with E-state index in [1.54, 1.807) is 34.9 Å². The molecule has 9 heteroatoms. The fraction of sp³-hybridized carbons (Fsp3) is 0.0800. The van der Waals surface area contributed by atoms with Crippen molar-refractivity contribution >= 4 is 92.5 Å². The molecule has 2 aliphatic heterocycles. The van der Waals surface area contributed by atoms with Gasteiger partial charge in [-0.1, -0.05) is 89.3 Å². The highest BCUT2D eigenvalue weighted by atomic mass is 35.5. The van der Waals surface area contributed by atoms with Crippen LogP contribution in [0.2, 0.25) is 10.0 Å². The van der Waals surface area contributed by atoms with E-state index in [4.69, 9.17) is 35.4 Å². The minimum atomic E-state index is -0.222. The molecule has 5 rings (SSSR count). The number of para-hydroxylation sites is 1. The first-order valence-corrected chi connectivity index (χ1v) is 13.1. The largest absolute Gasteiger partial charge is 0.292 e.